The number of H-pyrrole nitrogens is 1. The predicted molar refractivity (Wildman–Crippen MR) is 73.2 cm³/mol. The zero-order valence-electron chi connectivity index (χ0n) is 11.7. The van der Waals surface area contributed by atoms with E-state index in [1.807, 2.05) is 0 Å². The lowest BCUT2D eigenvalue weighted by molar-refractivity contribution is -0.151. The monoisotopic (exact) mass is 290 g/mol. The van der Waals surface area contributed by atoms with Gasteiger partial charge in [0.15, 0.2) is 5.82 Å². The molecule has 0 atom stereocenters. The van der Waals surface area contributed by atoms with Crippen LogP contribution in [0.2, 0.25) is 0 Å². The molecule has 0 saturated heterocycles. The fourth-order valence-corrected chi connectivity index (χ4v) is 3.02. The van der Waals surface area contributed by atoms with Crippen LogP contribution < -0.4 is 0 Å². The van der Waals surface area contributed by atoms with E-state index >= 15 is 0 Å². The van der Waals surface area contributed by atoms with Gasteiger partial charge in [-0.1, -0.05) is 25.7 Å². The van der Waals surface area contributed by atoms with Crippen LogP contribution in [0.5, 0.6) is 0 Å². The van der Waals surface area contributed by atoms with E-state index in [-0.39, 0.29) is 0 Å². The second-order valence-electron chi connectivity index (χ2n) is 5.63. The maximum absolute atomic E-state index is 11.9. The molecule has 2 heterocycles. The maximum Gasteiger partial charge on any atom is 0.311 e. The summed E-state index contributed by atoms with van der Waals surface area (Å²) in [5, 5.41) is 28.0. The minimum absolute atomic E-state index is 0.295. The van der Waals surface area contributed by atoms with Crippen LogP contribution in [-0.2, 0) is 11.3 Å². The van der Waals surface area contributed by atoms with Gasteiger partial charge in [-0.15, -0.1) is 5.10 Å². The van der Waals surface area contributed by atoms with E-state index < -0.39 is 11.4 Å². The Kier molecular flexibility index (Phi) is 3.68. The molecule has 112 valence electrons. The number of nitrogens with one attached hydrogen (secondary N) is 1. The van der Waals surface area contributed by atoms with E-state index in [1.165, 1.54) is 0 Å². The molecule has 0 amide bonds. The summed E-state index contributed by atoms with van der Waals surface area (Å²) >= 11 is 0. The third-order valence-electron chi connectivity index (χ3n) is 4.24. The van der Waals surface area contributed by atoms with Crippen LogP contribution in [0.15, 0.2) is 12.3 Å². The van der Waals surface area contributed by atoms with Crippen LogP contribution in [0.1, 0.15) is 38.5 Å². The lowest BCUT2D eigenvalue weighted by Gasteiger charge is -2.27. The normalized spacial score (nSPS) is 18.3. The number of nitrogens with zero attached hydrogens (tertiary/aromatic N) is 5. The zero-order chi connectivity index (χ0) is 14.7. The van der Waals surface area contributed by atoms with Crippen molar-refractivity contribution < 1.29 is 9.90 Å². The van der Waals surface area contributed by atoms with Crippen LogP contribution in [0.25, 0.3) is 11.5 Å². The van der Waals surface area contributed by atoms with Gasteiger partial charge in [0, 0.05) is 6.20 Å². The fourth-order valence-electron chi connectivity index (χ4n) is 3.02. The average molecular weight is 290 g/mol. The number of aromatic amines is 1. The van der Waals surface area contributed by atoms with Gasteiger partial charge in [0.25, 0.3) is 0 Å². The Labute approximate surface area is 121 Å². The summed E-state index contributed by atoms with van der Waals surface area (Å²) in [5.74, 6) is -0.229. The Morgan fingerprint density at radius 3 is 2.71 bits per heavy atom. The molecule has 0 aliphatic heterocycles. The molecule has 0 radical (unpaired) electrons. The lowest BCUT2D eigenvalue weighted by atomic mass is 9.80. The van der Waals surface area contributed by atoms with E-state index in [0.29, 0.717) is 30.9 Å². The topological polar surface area (TPSA) is 110 Å². The van der Waals surface area contributed by atoms with Crippen molar-refractivity contribution in [2.45, 2.75) is 45.1 Å². The summed E-state index contributed by atoms with van der Waals surface area (Å²) in [5.41, 5.74) is -0.0881. The molecule has 8 heteroatoms. The van der Waals surface area contributed by atoms with Gasteiger partial charge in [0.05, 0.1) is 12.0 Å². The van der Waals surface area contributed by atoms with Gasteiger partial charge in [-0.25, -0.2) is 4.68 Å². The first-order chi connectivity index (χ1) is 10.2. The number of rotatable bonds is 4. The Bertz CT molecular complexity index is 598. The molecule has 0 unspecified atom stereocenters. The quantitative estimate of drug-likeness (QED) is 0.825. The van der Waals surface area contributed by atoms with Crippen molar-refractivity contribution in [3.63, 3.8) is 0 Å². The molecule has 1 fully saturated rings. The molecule has 0 spiro atoms. The van der Waals surface area contributed by atoms with Gasteiger partial charge in [0.2, 0.25) is 0 Å². The SMILES string of the molecule is O=C(O)C1(Cn2nnnc2-c2ccn[nH]2)CCCCCC1. The van der Waals surface area contributed by atoms with E-state index in [2.05, 4.69) is 25.7 Å². The Balaban J connectivity index is 1.90. The molecule has 0 aromatic carbocycles. The van der Waals surface area contributed by atoms with Gasteiger partial charge in [-0.2, -0.15) is 5.10 Å². The van der Waals surface area contributed by atoms with E-state index in [9.17, 15) is 9.90 Å². The van der Waals surface area contributed by atoms with Crippen molar-refractivity contribution in [2.75, 3.05) is 0 Å². The Morgan fingerprint density at radius 2 is 2.10 bits per heavy atom. The van der Waals surface area contributed by atoms with E-state index in [0.717, 1.165) is 25.7 Å². The van der Waals surface area contributed by atoms with Gasteiger partial charge in [-0.3, -0.25) is 9.89 Å². The first-order valence-electron chi connectivity index (χ1n) is 7.21. The molecule has 3 rings (SSSR count). The zero-order valence-corrected chi connectivity index (χ0v) is 11.7. The van der Waals surface area contributed by atoms with E-state index in [4.69, 9.17) is 0 Å². The van der Waals surface area contributed by atoms with Crippen LogP contribution in [0.4, 0.5) is 0 Å². The molecule has 1 aliphatic rings. The standard InChI is InChI=1S/C13H18N6O2/c20-12(21)13(6-3-1-2-4-7-13)9-19-11(16-17-18-19)10-5-8-14-15-10/h5,8H,1-4,6-7,9H2,(H,14,15)(H,20,21). The smallest absolute Gasteiger partial charge is 0.311 e. The maximum atomic E-state index is 11.9. The molecule has 2 aromatic rings. The Morgan fingerprint density at radius 1 is 1.33 bits per heavy atom. The first kappa shape index (κ1) is 13.7. The molecule has 1 saturated carbocycles. The highest BCUT2D eigenvalue weighted by Crippen LogP contribution is 2.37. The van der Waals surface area contributed by atoms with Crippen molar-refractivity contribution in [3.05, 3.63) is 12.3 Å². The summed E-state index contributed by atoms with van der Waals surface area (Å²) < 4.78 is 1.58. The largest absolute Gasteiger partial charge is 0.481 e. The first-order valence-corrected chi connectivity index (χ1v) is 7.21. The van der Waals surface area contributed by atoms with Crippen LogP contribution >= 0.6 is 0 Å². The lowest BCUT2D eigenvalue weighted by Crippen LogP contribution is -2.36. The van der Waals surface area contributed by atoms with Crippen molar-refractivity contribution in [3.8, 4) is 11.5 Å². The molecule has 2 N–H and O–H groups in total. The highest BCUT2D eigenvalue weighted by atomic mass is 16.4. The third-order valence-corrected chi connectivity index (χ3v) is 4.24. The number of carboxylic acid groups (broad SMARTS) is 1. The number of aromatic nitrogens is 6. The number of aliphatic carboxylic acids is 1. The van der Waals surface area contributed by atoms with Crippen molar-refractivity contribution in [2.24, 2.45) is 5.41 Å². The Hall–Kier alpha value is -2.25. The summed E-state index contributed by atoms with van der Waals surface area (Å²) in [6.07, 6.45) is 7.03. The number of hydrogen-bond donors (Lipinski definition) is 2. The minimum Gasteiger partial charge on any atom is -0.481 e. The van der Waals surface area contributed by atoms with Gasteiger partial charge >= 0.3 is 5.97 Å². The van der Waals surface area contributed by atoms with E-state index in [1.54, 1.807) is 16.9 Å². The van der Waals surface area contributed by atoms with Crippen molar-refractivity contribution in [1.29, 1.82) is 0 Å². The summed E-state index contributed by atoms with van der Waals surface area (Å²) in [6, 6.07) is 1.77. The molecular weight excluding hydrogens is 272 g/mol. The molecule has 21 heavy (non-hydrogen) atoms. The van der Waals surface area contributed by atoms with Crippen molar-refractivity contribution >= 4 is 5.97 Å². The van der Waals surface area contributed by atoms with Crippen LogP contribution in [-0.4, -0.2) is 41.5 Å². The molecule has 2 aromatic heterocycles. The highest BCUT2D eigenvalue weighted by molar-refractivity contribution is 5.74. The second kappa shape index (κ2) is 5.63. The molecule has 1 aliphatic carbocycles. The van der Waals surface area contributed by atoms with Gasteiger partial charge in [0.1, 0.15) is 5.69 Å². The minimum atomic E-state index is -0.777. The predicted octanol–water partition coefficient (Wildman–Crippen LogP) is 1.49. The van der Waals surface area contributed by atoms with Gasteiger partial charge in [-0.05, 0) is 29.3 Å². The summed E-state index contributed by atoms with van der Waals surface area (Å²) in [6.45, 7) is 0.295. The fraction of sp³-hybridized carbons (Fsp3) is 0.615. The number of hydrogen-bond acceptors (Lipinski definition) is 5. The van der Waals surface area contributed by atoms with Crippen LogP contribution in [0, 0.1) is 5.41 Å². The number of tetrazole rings is 1. The molecule has 8 nitrogen and oxygen atoms in total. The average Bonchev–Trinajstić information content (AvgIpc) is 3.07. The van der Waals surface area contributed by atoms with Crippen molar-refractivity contribution in [1.82, 2.24) is 30.4 Å². The highest BCUT2D eigenvalue weighted by Gasteiger charge is 2.40. The second-order valence-corrected chi connectivity index (χ2v) is 5.63. The summed E-state index contributed by atoms with van der Waals surface area (Å²) in [4.78, 5) is 11.9. The summed E-state index contributed by atoms with van der Waals surface area (Å²) in [7, 11) is 0. The number of carbonyl (C=O) groups is 1. The molecule has 0 bridgehead atoms. The van der Waals surface area contributed by atoms with Crippen LogP contribution in [0.3, 0.4) is 0 Å². The number of carboxylic acids is 1. The third kappa shape index (κ3) is 2.65. The van der Waals surface area contributed by atoms with Gasteiger partial charge < -0.3 is 5.11 Å². The molecular formula is C13H18N6O2.